The Bertz CT molecular complexity index is 671. The van der Waals surface area contributed by atoms with E-state index in [1.165, 1.54) is 4.88 Å². The number of benzene rings is 1. The van der Waals surface area contributed by atoms with Crippen molar-refractivity contribution >= 4 is 44.3 Å². The molecule has 0 radical (unpaired) electrons. The maximum absolute atomic E-state index is 6.06. The van der Waals surface area contributed by atoms with Crippen molar-refractivity contribution < 1.29 is 0 Å². The highest BCUT2D eigenvalue weighted by atomic mass is 32.1. The molecule has 2 heterocycles. The fraction of sp³-hybridized carbons (Fsp3) is 0.154. The van der Waals surface area contributed by atoms with Crippen LogP contribution in [0.2, 0.25) is 0 Å². The minimum atomic E-state index is 0.780. The Morgan fingerprint density at radius 1 is 1.39 bits per heavy atom. The van der Waals surface area contributed by atoms with Gasteiger partial charge in [0, 0.05) is 11.4 Å². The van der Waals surface area contributed by atoms with Crippen LogP contribution >= 0.6 is 22.7 Å². The van der Waals surface area contributed by atoms with Crippen molar-refractivity contribution in [2.45, 2.75) is 13.5 Å². The van der Waals surface area contributed by atoms with Crippen LogP contribution in [0.25, 0.3) is 10.2 Å². The first-order chi connectivity index (χ1) is 8.72. The molecule has 0 unspecified atom stereocenters. The van der Waals surface area contributed by atoms with Crippen LogP contribution in [0.5, 0.6) is 0 Å². The molecule has 0 aliphatic carbocycles. The summed E-state index contributed by atoms with van der Waals surface area (Å²) in [7, 11) is 0. The van der Waals surface area contributed by atoms with Crippen LogP contribution in [0.4, 0.5) is 11.4 Å². The molecule has 3 rings (SSSR count). The van der Waals surface area contributed by atoms with Crippen molar-refractivity contribution in [2.75, 3.05) is 11.1 Å². The zero-order valence-electron chi connectivity index (χ0n) is 9.93. The summed E-state index contributed by atoms with van der Waals surface area (Å²) in [4.78, 5) is 5.78. The molecule has 0 saturated carbocycles. The van der Waals surface area contributed by atoms with E-state index in [0.29, 0.717) is 0 Å². The van der Waals surface area contributed by atoms with Gasteiger partial charge in [-0.2, -0.15) is 0 Å². The summed E-state index contributed by atoms with van der Waals surface area (Å²) in [5.41, 5.74) is 8.81. The molecular formula is C13H13N3S2. The van der Waals surface area contributed by atoms with Gasteiger partial charge in [-0.15, -0.1) is 22.7 Å². The quantitative estimate of drug-likeness (QED) is 0.714. The number of thiazole rings is 1. The van der Waals surface area contributed by atoms with Crippen LogP contribution in [-0.2, 0) is 6.54 Å². The predicted octanol–water partition coefficient (Wildman–Crippen LogP) is 3.86. The molecule has 0 bridgehead atoms. The average Bonchev–Trinajstić information content (AvgIpc) is 2.94. The topological polar surface area (TPSA) is 50.9 Å². The third kappa shape index (κ3) is 2.19. The smallest absolute Gasteiger partial charge is 0.0907 e. The Hall–Kier alpha value is -1.59. The summed E-state index contributed by atoms with van der Waals surface area (Å²) in [6.07, 6.45) is 0. The minimum absolute atomic E-state index is 0.780. The molecule has 5 heteroatoms. The van der Waals surface area contributed by atoms with E-state index >= 15 is 0 Å². The summed E-state index contributed by atoms with van der Waals surface area (Å²) in [6.45, 7) is 2.82. The molecule has 0 atom stereocenters. The Balaban J connectivity index is 1.88. The zero-order valence-corrected chi connectivity index (χ0v) is 11.6. The Morgan fingerprint density at radius 3 is 3.06 bits per heavy atom. The number of anilines is 2. The lowest BCUT2D eigenvalue weighted by atomic mass is 10.2. The van der Waals surface area contributed by atoms with Gasteiger partial charge in [0.1, 0.15) is 0 Å². The molecule has 0 fully saturated rings. The first-order valence-electron chi connectivity index (χ1n) is 5.65. The van der Waals surface area contributed by atoms with E-state index in [9.17, 15) is 0 Å². The van der Waals surface area contributed by atoms with Gasteiger partial charge < -0.3 is 11.1 Å². The van der Waals surface area contributed by atoms with Gasteiger partial charge in [-0.1, -0.05) is 6.07 Å². The van der Waals surface area contributed by atoms with Gasteiger partial charge in [0.2, 0.25) is 0 Å². The fourth-order valence-corrected chi connectivity index (χ4v) is 3.36. The van der Waals surface area contributed by atoms with Crippen molar-refractivity contribution in [3.05, 3.63) is 39.5 Å². The number of nitrogens with zero attached hydrogens (tertiary/aromatic N) is 1. The fourth-order valence-electron chi connectivity index (χ4n) is 1.85. The van der Waals surface area contributed by atoms with Crippen LogP contribution in [0.3, 0.4) is 0 Å². The van der Waals surface area contributed by atoms with E-state index < -0.39 is 0 Å². The summed E-state index contributed by atoms with van der Waals surface area (Å²) in [6, 6.07) is 8.19. The van der Waals surface area contributed by atoms with E-state index in [1.807, 2.05) is 19.1 Å². The maximum Gasteiger partial charge on any atom is 0.0907 e. The number of nitrogens with one attached hydrogen (secondary N) is 1. The molecule has 0 spiro atoms. The van der Waals surface area contributed by atoms with Crippen molar-refractivity contribution in [2.24, 2.45) is 0 Å². The van der Waals surface area contributed by atoms with Crippen LogP contribution in [0.15, 0.2) is 29.6 Å². The standard InChI is InChI=1S/C13H13N3S2/c1-8-16-12-6-11(10(14)5-13(12)18-8)15-7-9-3-2-4-17-9/h2-6,15H,7,14H2,1H3. The highest BCUT2D eigenvalue weighted by molar-refractivity contribution is 7.18. The summed E-state index contributed by atoms with van der Waals surface area (Å²) in [5, 5.41) is 6.51. The number of hydrogen-bond donors (Lipinski definition) is 2. The van der Waals surface area contributed by atoms with Crippen molar-refractivity contribution in [1.29, 1.82) is 0 Å². The number of nitrogens with two attached hydrogens (primary N) is 1. The van der Waals surface area contributed by atoms with Crippen LogP contribution in [-0.4, -0.2) is 4.98 Å². The number of nitrogen functional groups attached to an aromatic ring is 1. The molecule has 0 aliphatic rings. The van der Waals surface area contributed by atoms with Crippen LogP contribution < -0.4 is 11.1 Å². The average molecular weight is 275 g/mol. The molecule has 18 heavy (non-hydrogen) atoms. The number of hydrogen-bond acceptors (Lipinski definition) is 5. The van der Waals surface area contributed by atoms with E-state index in [1.54, 1.807) is 22.7 Å². The van der Waals surface area contributed by atoms with Crippen molar-refractivity contribution in [1.82, 2.24) is 4.98 Å². The van der Waals surface area contributed by atoms with Gasteiger partial charge in [0.05, 0.1) is 26.6 Å². The third-order valence-corrected chi connectivity index (χ3v) is 4.51. The Labute approximate surface area is 113 Å². The number of aromatic nitrogens is 1. The maximum atomic E-state index is 6.06. The lowest BCUT2D eigenvalue weighted by molar-refractivity contribution is 1.19. The molecule has 1 aromatic carbocycles. The first-order valence-corrected chi connectivity index (χ1v) is 7.35. The minimum Gasteiger partial charge on any atom is -0.397 e. The molecule has 0 aliphatic heterocycles. The van der Waals surface area contributed by atoms with Crippen LogP contribution in [0.1, 0.15) is 9.88 Å². The van der Waals surface area contributed by atoms with Crippen molar-refractivity contribution in [3.8, 4) is 0 Å². The second-order valence-electron chi connectivity index (χ2n) is 4.07. The molecule has 92 valence electrons. The van der Waals surface area contributed by atoms with Gasteiger partial charge in [-0.3, -0.25) is 0 Å². The number of fused-ring (bicyclic) bond motifs is 1. The molecule has 3 N–H and O–H groups in total. The number of thiophene rings is 1. The first kappa shape index (κ1) is 11.5. The molecule has 3 nitrogen and oxygen atoms in total. The van der Waals surface area contributed by atoms with Gasteiger partial charge in [0.25, 0.3) is 0 Å². The van der Waals surface area contributed by atoms with Crippen LogP contribution in [0, 0.1) is 6.92 Å². The predicted molar refractivity (Wildman–Crippen MR) is 80.4 cm³/mol. The van der Waals surface area contributed by atoms with Crippen molar-refractivity contribution in [3.63, 3.8) is 0 Å². The SMILES string of the molecule is Cc1nc2cc(NCc3cccs3)c(N)cc2s1. The second kappa shape index (κ2) is 4.59. The van der Waals surface area contributed by atoms with Gasteiger partial charge in [-0.05, 0) is 30.5 Å². The molecule has 2 aromatic heterocycles. The highest BCUT2D eigenvalue weighted by Crippen LogP contribution is 2.30. The number of aryl methyl sites for hydroxylation is 1. The van der Waals surface area contributed by atoms with Gasteiger partial charge in [-0.25, -0.2) is 4.98 Å². The molecular weight excluding hydrogens is 262 g/mol. The van der Waals surface area contributed by atoms with Gasteiger partial charge in [0.15, 0.2) is 0 Å². The van der Waals surface area contributed by atoms with E-state index in [2.05, 4.69) is 27.8 Å². The summed E-state index contributed by atoms with van der Waals surface area (Å²) in [5.74, 6) is 0. The monoisotopic (exact) mass is 275 g/mol. The number of rotatable bonds is 3. The molecule has 3 aromatic rings. The highest BCUT2D eigenvalue weighted by Gasteiger charge is 2.06. The van der Waals surface area contributed by atoms with E-state index in [4.69, 9.17) is 5.73 Å². The largest absolute Gasteiger partial charge is 0.397 e. The zero-order chi connectivity index (χ0) is 12.5. The Morgan fingerprint density at radius 2 is 2.28 bits per heavy atom. The molecule has 0 amide bonds. The molecule has 0 saturated heterocycles. The van der Waals surface area contributed by atoms with E-state index in [0.717, 1.165) is 33.1 Å². The lowest BCUT2D eigenvalue weighted by Crippen LogP contribution is -2.01. The summed E-state index contributed by atoms with van der Waals surface area (Å²) >= 11 is 3.41. The van der Waals surface area contributed by atoms with E-state index in [-0.39, 0.29) is 0 Å². The van der Waals surface area contributed by atoms with Gasteiger partial charge >= 0.3 is 0 Å². The Kier molecular flexibility index (Phi) is 2.93. The normalized spacial score (nSPS) is 10.9. The summed E-state index contributed by atoms with van der Waals surface area (Å²) < 4.78 is 1.15. The lowest BCUT2D eigenvalue weighted by Gasteiger charge is -2.08. The third-order valence-electron chi connectivity index (χ3n) is 2.70. The second-order valence-corrected chi connectivity index (χ2v) is 6.34.